The average Bonchev–Trinajstić information content (AvgIpc) is 2.91. The van der Waals surface area contributed by atoms with Crippen molar-refractivity contribution in [3.05, 3.63) is 29.2 Å². The number of carbonyl (C=O) groups is 1. The van der Waals surface area contributed by atoms with E-state index in [1.807, 2.05) is 22.9 Å². The molecule has 0 saturated carbocycles. The number of thiazole rings is 1. The number of aromatic nitrogens is 4. The number of aromatic carboxylic acids is 1. The summed E-state index contributed by atoms with van der Waals surface area (Å²) < 4.78 is 1.89. The molecule has 0 aliphatic carbocycles. The Hall–Kier alpha value is -2.15. The molecular formula is C10H8N4O2S. The second-order valence-corrected chi connectivity index (χ2v) is 4.43. The summed E-state index contributed by atoms with van der Waals surface area (Å²) in [7, 11) is 0. The number of aryl methyl sites for hydroxylation is 1. The summed E-state index contributed by atoms with van der Waals surface area (Å²) in [6, 6.07) is 0. The van der Waals surface area contributed by atoms with E-state index in [1.54, 1.807) is 0 Å². The van der Waals surface area contributed by atoms with Gasteiger partial charge in [0, 0.05) is 11.6 Å². The van der Waals surface area contributed by atoms with Gasteiger partial charge in [0.2, 0.25) is 0 Å². The van der Waals surface area contributed by atoms with Crippen LogP contribution in [0.3, 0.4) is 0 Å². The molecule has 0 fully saturated rings. The van der Waals surface area contributed by atoms with Crippen molar-refractivity contribution >= 4 is 22.3 Å². The second kappa shape index (κ2) is 3.42. The molecule has 3 aromatic heterocycles. The average molecular weight is 248 g/mol. The number of hydrogen-bond acceptors (Lipinski definition) is 4. The van der Waals surface area contributed by atoms with Gasteiger partial charge in [0.05, 0.1) is 11.9 Å². The fourth-order valence-corrected chi connectivity index (χ4v) is 2.49. The maximum Gasteiger partial charge on any atom is 0.353 e. The van der Waals surface area contributed by atoms with Gasteiger partial charge in [0.25, 0.3) is 0 Å². The lowest BCUT2D eigenvalue weighted by Crippen LogP contribution is -1.96. The quantitative estimate of drug-likeness (QED) is 0.724. The van der Waals surface area contributed by atoms with Crippen LogP contribution in [0.1, 0.15) is 16.2 Å². The maximum absolute atomic E-state index is 10.8. The van der Waals surface area contributed by atoms with Gasteiger partial charge >= 0.3 is 5.97 Å². The largest absolute Gasteiger partial charge is 0.477 e. The van der Waals surface area contributed by atoms with Gasteiger partial charge in [-0.05, 0) is 6.92 Å². The van der Waals surface area contributed by atoms with E-state index < -0.39 is 5.97 Å². The predicted octanol–water partition coefficient (Wildman–Crippen LogP) is 1.79. The molecule has 0 amide bonds. The molecule has 6 nitrogen and oxygen atoms in total. The first-order valence-corrected chi connectivity index (χ1v) is 5.75. The van der Waals surface area contributed by atoms with E-state index in [0.717, 1.165) is 16.3 Å². The van der Waals surface area contributed by atoms with Crippen molar-refractivity contribution in [1.29, 1.82) is 0 Å². The Balaban J connectivity index is 2.22. The number of carboxylic acids is 1. The smallest absolute Gasteiger partial charge is 0.353 e. The van der Waals surface area contributed by atoms with Crippen LogP contribution in [0.5, 0.6) is 0 Å². The van der Waals surface area contributed by atoms with Gasteiger partial charge in [-0.3, -0.25) is 4.40 Å². The molecule has 2 N–H and O–H groups in total. The number of rotatable bonds is 2. The summed E-state index contributed by atoms with van der Waals surface area (Å²) in [6.07, 6.45) is 3.20. The molecule has 0 aliphatic heterocycles. The number of fused-ring (bicyclic) bond motifs is 1. The molecule has 0 aliphatic rings. The highest BCUT2D eigenvalue weighted by atomic mass is 32.1. The molecule has 7 heteroatoms. The molecule has 3 heterocycles. The van der Waals surface area contributed by atoms with Crippen molar-refractivity contribution in [2.45, 2.75) is 6.92 Å². The molecular weight excluding hydrogens is 240 g/mol. The highest BCUT2D eigenvalue weighted by molar-refractivity contribution is 7.15. The predicted molar refractivity (Wildman–Crippen MR) is 62.3 cm³/mol. The van der Waals surface area contributed by atoms with E-state index in [4.69, 9.17) is 5.11 Å². The molecule has 0 saturated heterocycles. The molecule has 3 rings (SSSR count). The molecule has 86 valence electrons. The Labute approximate surface area is 99.6 Å². The number of imidazole rings is 2. The summed E-state index contributed by atoms with van der Waals surface area (Å²) in [4.78, 5) is 22.9. The van der Waals surface area contributed by atoms with Gasteiger partial charge < -0.3 is 10.1 Å². The van der Waals surface area contributed by atoms with Crippen molar-refractivity contribution in [2.24, 2.45) is 0 Å². The normalized spacial score (nSPS) is 11.1. The van der Waals surface area contributed by atoms with E-state index in [2.05, 4.69) is 15.0 Å². The van der Waals surface area contributed by atoms with E-state index in [-0.39, 0.29) is 5.69 Å². The first kappa shape index (κ1) is 10.0. The highest BCUT2D eigenvalue weighted by Gasteiger charge is 2.16. The van der Waals surface area contributed by atoms with Gasteiger partial charge in [0.15, 0.2) is 10.8 Å². The molecule has 0 spiro atoms. The lowest BCUT2D eigenvalue weighted by atomic mass is 10.3. The van der Waals surface area contributed by atoms with Crippen LogP contribution in [0, 0.1) is 6.92 Å². The Morgan fingerprint density at radius 3 is 3.12 bits per heavy atom. The van der Waals surface area contributed by atoms with Crippen LogP contribution >= 0.6 is 11.3 Å². The van der Waals surface area contributed by atoms with Crippen LogP contribution in [-0.4, -0.2) is 30.4 Å². The third-order valence-corrected chi connectivity index (χ3v) is 3.22. The first-order chi connectivity index (χ1) is 8.16. The van der Waals surface area contributed by atoms with Gasteiger partial charge in [-0.2, -0.15) is 0 Å². The Morgan fingerprint density at radius 1 is 1.59 bits per heavy atom. The van der Waals surface area contributed by atoms with Crippen molar-refractivity contribution < 1.29 is 9.90 Å². The van der Waals surface area contributed by atoms with Gasteiger partial charge in [-0.25, -0.2) is 14.8 Å². The molecule has 0 atom stereocenters. The van der Waals surface area contributed by atoms with Crippen LogP contribution in [0.25, 0.3) is 16.5 Å². The number of H-pyrrole nitrogens is 1. The minimum Gasteiger partial charge on any atom is -0.477 e. The van der Waals surface area contributed by atoms with E-state index >= 15 is 0 Å². The number of nitrogens with one attached hydrogen (secondary N) is 1. The number of hydrogen-bond donors (Lipinski definition) is 2. The van der Waals surface area contributed by atoms with E-state index in [1.165, 1.54) is 17.5 Å². The summed E-state index contributed by atoms with van der Waals surface area (Å²) in [5.74, 6) is -0.502. The topological polar surface area (TPSA) is 83.3 Å². The number of nitrogens with zero attached hydrogens (tertiary/aromatic N) is 3. The SMILES string of the molecule is Cc1nc2sccn2c1-c1ncc(C(=O)O)[nH]1. The molecule has 0 aromatic carbocycles. The highest BCUT2D eigenvalue weighted by Crippen LogP contribution is 2.24. The Morgan fingerprint density at radius 2 is 2.41 bits per heavy atom. The van der Waals surface area contributed by atoms with E-state index in [9.17, 15) is 4.79 Å². The molecule has 0 unspecified atom stereocenters. The van der Waals surface area contributed by atoms with Crippen molar-refractivity contribution in [1.82, 2.24) is 19.4 Å². The molecule has 3 aromatic rings. The fraction of sp³-hybridized carbons (Fsp3) is 0.100. The van der Waals surface area contributed by atoms with Crippen molar-refractivity contribution in [2.75, 3.05) is 0 Å². The molecule has 17 heavy (non-hydrogen) atoms. The maximum atomic E-state index is 10.8. The standard InChI is InChI=1S/C10H8N4O2S/c1-5-7(14-2-3-17-10(14)12-5)8-11-4-6(13-8)9(15)16/h2-4H,1H3,(H,11,13)(H,15,16). The Kier molecular flexibility index (Phi) is 2.02. The summed E-state index contributed by atoms with van der Waals surface area (Å²) in [5, 5.41) is 10.8. The third-order valence-electron chi connectivity index (χ3n) is 2.47. The van der Waals surface area contributed by atoms with Gasteiger partial charge in [-0.1, -0.05) is 0 Å². The minimum atomic E-state index is -1.02. The second-order valence-electron chi connectivity index (χ2n) is 3.55. The monoisotopic (exact) mass is 248 g/mol. The zero-order valence-electron chi connectivity index (χ0n) is 8.84. The zero-order chi connectivity index (χ0) is 12.0. The summed E-state index contributed by atoms with van der Waals surface area (Å²) in [6.45, 7) is 1.87. The molecule has 0 radical (unpaired) electrons. The summed E-state index contributed by atoms with van der Waals surface area (Å²) >= 11 is 1.52. The lowest BCUT2D eigenvalue weighted by Gasteiger charge is -1.95. The van der Waals surface area contributed by atoms with Crippen LogP contribution < -0.4 is 0 Å². The van der Waals surface area contributed by atoms with Gasteiger partial charge in [0.1, 0.15) is 11.4 Å². The van der Waals surface area contributed by atoms with Crippen LogP contribution in [0.15, 0.2) is 17.8 Å². The van der Waals surface area contributed by atoms with Crippen LogP contribution in [0.2, 0.25) is 0 Å². The Bertz CT molecular complexity index is 709. The lowest BCUT2D eigenvalue weighted by molar-refractivity contribution is 0.0691. The molecule has 0 bridgehead atoms. The first-order valence-electron chi connectivity index (χ1n) is 4.87. The zero-order valence-corrected chi connectivity index (χ0v) is 9.65. The number of aromatic amines is 1. The van der Waals surface area contributed by atoms with Gasteiger partial charge in [-0.15, -0.1) is 11.3 Å². The number of carboxylic acid groups (broad SMARTS) is 1. The minimum absolute atomic E-state index is 0.0737. The third kappa shape index (κ3) is 1.43. The fourth-order valence-electron chi connectivity index (χ4n) is 1.73. The van der Waals surface area contributed by atoms with E-state index in [0.29, 0.717) is 5.82 Å². The van der Waals surface area contributed by atoms with Crippen molar-refractivity contribution in [3.63, 3.8) is 0 Å². The summed E-state index contributed by atoms with van der Waals surface area (Å²) in [5.41, 5.74) is 1.70. The van der Waals surface area contributed by atoms with Crippen molar-refractivity contribution in [3.8, 4) is 11.5 Å². The van der Waals surface area contributed by atoms with Crippen LogP contribution in [-0.2, 0) is 0 Å². The van der Waals surface area contributed by atoms with Crippen LogP contribution in [0.4, 0.5) is 0 Å².